The molecule has 0 saturated carbocycles. The van der Waals surface area contributed by atoms with Crippen molar-refractivity contribution in [3.05, 3.63) is 59.2 Å². The number of benzene rings is 2. The van der Waals surface area contributed by atoms with Crippen molar-refractivity contribution in [3.63, 3.8) is 0 Å². The standard InChI is InChI=1S/C18H17F2NO4/c1-11-6-7-12(2)15(8-11)24-10-17(23)25-9-16(22)21-18-13(19)4-3-5-14(18)20/h3-8H,9-10H2,1-2H3,(H,21,22). The van der Waals surface area contributed by atoms with Crippen molar-refractivity contribution >= 4 is 17.6 Å². The number of hydrogen-bond acceptors (Lipinski definition) is 4. The first-order chi connectivity index (χ1) is 11.9. The average Bonchev–Trinajstić information content (AvgIpc) is 2.57. The second-order valence-corrected chi connectivity index (χ2v) is 5.36. The minimum Gasteiger partial charge on any atom is -0.482 e. The van der Waals surface area contributed by atoms with E-state index in [1.165, 1.54) is 6.07 Å². The van der Waals surface area contributed by atoms with Crippen molar-refractivity contribution in [2.45, 2.75) is 13.8 Å². The minimum absolute atomic E-state index is 0.383. The molecule has 7 heteroatoms. The predicted molar refractivity (Wildman–Crippen MR) is 87.4 cm³/mol. The Labute approximate surface area is 143 Å². The molecule has 132 valence electrons. The summed E-state index contributed by atoms with van der Waals surface area (Å²) < 4.78 is 36.9. The third kappa shape index (κ3) is 5.27. The Balaban J connectivity index is 1.81. The Bertz CT molecular complexity index is 772. The van der Waals surface area contributed by atoms with Crippen LogP contribution in [0.2, 0.25) is 0 Å². The predicted octanol–water partition coefficient (Wildman–Crippen LogP) is 3.14. The Morgan fingerprint density at radius 2 is 1.72 bits per heavy atom. The summed E-state index contributed by atoms with van der Waals surface area (Å²) in [5.74, 6) is -2.93. The van der Waals surface area contributed by atoms with Gasteiger partial charge in [-0.15, -0.1) is 0 Å². The van der Waals surface area contributed by atoms with Gasteiger partial charge < -0.3 is 14.8 Å². The molecule has 2 rings (SSSR count). The van der Waals surface area contributed by atoms with Gasteiger partial charge in [0.25, 0.3) is 5.91 Å². The second-order valence-electron chi connectivity index (χ2n) is 5.36. The monoisotopic (exact) mass is 349 g/mol. The molecule has 0 spiro atoms. The number of halogens is 2. The van der Waals surface area contributed by atoms with Crippen molar-refractivity contribution in [1.29, 1.82) is 0 Å². The van der Waals surface area contributed by atoms with Gasteiger partial charge in [0, 0.05) is 0 Å². The first kappa shape index (κ1) is 18.4. The number of esters is 1. The lowest BCUT2D eigenvalue weighted by Crippen LogP contribution is -2.24. The molecule has 25 heavy (non-hydrogen) atoms. The number of aryl methyl sites for hydroxylation is 2. The number of carbonyl (C=O) groups is 2. The van der Waals surface area contributed by atoms with Gasteiger partial charge in [-0.05, 0) is 43.2 Å². The summed E-state index contributed by atoms with van der Waals surface area (Å²) in [5.41, 5.74) is 1.24. The molecule has 0 saturated heterocycles. The summed E-state index contributed by atoms with van der Waals surface area (Å²) in [6.07, 6.45) is 0. The first-order valence-electron chi connectivity index (χ1n) is 7.46. The van der Waals surface area contributed by atoms with E-state index < -0.39 is 35.8 Å². The maximum Gasteiger partial charge on any atom is 0.344 e. The van der Waals surface area contributed by atoms with Crippen LogP contribution >= 0.6 is 0 Å². The smallest absolute Gasteiger partial charge is 0.344 e. The highest BCUT2D eigenvalue weighted by Crippen LogP contribution is 2.19. The SMILES string of the molecule is Cc1ccc(C)c(OCC(=O)OCC(=O)Nc2c(F)cccc2F)c1. The molecule has 2 aromatic carbocycles. The summed E-state index contributed by atoms with van der Waals surface area (Å²) >= 11 is 0. The Hall–Kier alpha value is -2.96. The van der Waals surface area contributed by atoms with Gasteiger partial charge in [0.1, 0.15) is 23.1 Å². The van der Waals surface area contributed by atoms with E-state index in [1.54, 1.807) is 6.07 Å². The summed E-state index contributed by atoms with van der Waals surface area (Å²) in [6.45, 7) is 2.65. The molecule has 0 aliphatic rings. The van der Waals surface area contributed by atoms with Crippen LogP contribution in [0.25, 0.3) is 0 Å². The topological polar surface area (TPSA) is 64.6 Å². The van der Waals surface area contributed by atoms with Gasteiger partial charge in [-0.25, -0.2) is 13.6 Å². The summed E-state index contributed by atoms with van der Waals surface area (Å²) in [7, 11) is 0. The van der Waals surface area contributed by atoms with Crippen molar-refractivity contribution in [3.8, 4) is 5.75 Å². The number of hydrogen-bond donors (Lipinski definition) is 1. The fraction of sp³-hybridized carbons (Fsp3) is 0.222. The lowest BCUT2D eigenvalue weighted by atomic mass is 10.1. The fourth-order valence-electron chi connectivity index (χ4n) is 1.98. The number of rotatable bonds is 6. The highest BCUT2D eigenvalue weighted by molar-refractivity contribution is 5.93. The normalized spacial score (nSPS) is 10.2. The van der Waals surface area contributed by atoms with Crippen LogP contribution in [0.4, 0.5) is 14.5 Å². The molecule has 0 bridgehead atoms. The summed E-state index contributed by atoms with van der Waals surface area (Å²) in [4.78, 5) is 23.3. The van der Waals surface area contributed by atoms with Crippen LogP contribution < -0.4 is 10.1 Å². The maximum atomic E-state index is 13.4. The van der Waals surface area contributed by atoms with Gasteiger partial charge in [-0.3, -0.25) is 4.79 Å². The number of carbonyl (C=O) groups excluding carboxylic acids is 2. The molecule has 0 aliphatic carbocycles. The average molecular weight is 349 g/mol. The number of ether oxygens (including phenoxy) is 2. The Kier molecular flexibility index (Phi) is 6.05. The molecule has 5 nitrogen and oxygen atoms in total. The molecule has 1 N–H and O–H groups in total. The first-order valence-corrected chi connectivity index (χ1v) is 7.46. The lowest BCUT2D eigenvalue weighted by Gasteiger charge is -2.10. The van der Waals surface area contributed by atoms with Gasteiger partial charge in [-0.1, -0.05) is 18.2 Å². The zero-order chi connectivity index (χ0) is 18.4. The van der Waals surface area contributed by atoms with Gasteiger partial charge in [0.05, 0.1) is 0 Å². The van der Waals surface area contributed by atoms with Crippen LogP contribution in [-0.4, -0.2) is 25.1 Å². The van der Waals surface area contributed by atoms with E-state index in [0.29, 0.717) is 5.75 Å². The van der Waals surface area contributed by atoms with Crippen molar-refractivity contribution in [2.75, 3.05) is 18.5 Å². The minimum atomic E-state index is -0.919. The van der Waals surface area contributed by atoms with Crippen molar-refractivity contribution in [2.24, 2.45) is 0 Å². The molecule has 2 aromatic rings. The number of para-hydroxylation sites is 1. The van der Waals surface area contributed by atoms with Crippen LogP contribution in [0.15, 0.2) is 36.4 Å². The lowest BCUT2D eigenvalue weighted by molar-refractivity contribution is -0.149. The Morgan fingerprint density at radius 1 is 1.04 bits per heavy atom. The maximum absolute atomic E-state index is 13.4. The van der Waals surface area contributed by atoms with Gasteiger partial charge in [0.15, 0.2) is 13.2 Å². The summed E-state index contributed by atoms with van der Waals surface area (Å²) in [6, 6.07) is 8.71. The van der Waals surface area contributed by atoms with Gasteiger partial charge >= 0.3 is 5.97 Å². The van der Waals surface area contributed by atoms with Crippen LogP contribution in [0.1, 0.15) is 11.1 Å². The largest absolute Gasteiger partial charge is 0.482 e. The zero-order valence-corrected chi connectivity index (χ0v) is 13.8. The molecule has 0 atom stereocenters. The molecule has 0 aliphatic heterocycles. The number of nitrogens with one attached hydrogen (secondary N) is 1. The second kappa shape index (κ2) is 8.23. The van der Waals surface area contributed by atoms with Crippen molar-refractivity contribution < 1.29 is 27.8 Å². The van der Waals surface area contributed by atoms with E-state index in [2.05, 4.69) is 0 Å². The van der Waals surface area contributed by atoms with E-state index in [4.69, 9.17) is 9.47 Å². The quantitative estimate of drug-likeness (QED) is 0.814. The summed E-state index contributed by atoms with van der Waals surface area (Å²) in [5, 5.41) is 2.02. The van der Waals surface area contributed by atoms with Crippen LogP contribution in [0.3, 0.4) is 0 Å². The number of amides is 1. The molecule has 0 heterocycles. The van der Waals surface area contributed by atoms with Crippen LogP contribution in [0, 0.1) is 25.5 Å². The fourth-order valence-corrected chi connectivity index (χ4v) is 1.98. The third-order valence-electron chi connectivity index (χ3n) is 3.28. The molecule has 1 amide bonds. The number of anilines is 1. The molecule has 0 radical (unpaired) electrons. The third-order valence-corrected chi connectivity index (χ3v) is 3.28. The highest BCUT2D eigenvalue weighted by atomic mass is 19.1. The van der Waals surface area contributed by atoms with E-state index in [1.807, 2.05) is 31.3 Å². The van der Waals surface area contributed by atoms with Gasteiger partial charge in [-0.2, -0.15) is 0 Å². The van der Waals surface area contributed by atoms with Crippen molar-refractivity contribution in [1.82, 2.24) is 0 Å². The van der Waals surface area contributed by atoms with E-state index in [0.717, 1.165) is 23.3 Å². The molecule has 0 aromatic heterocycles. The molecular weight excluding hydrogens is 332 g/mol. The van der Waals surface area contributed by atoms with E-state index in [9.17, 15) is 18.4 Å². The van der Waals surface area contributed by atoms with E-state index >= 15 is 0 Å². The van der Waals surface area contributed by atoms with E-state index in [-0.39, 0.29) is 6.61 Å². The highest BCUT2D eigenvalue weighted by Gasteiger charge is 2.14. The van der Waals surface area contributed by atoms with Crippen LogP contribution in [-0.2, 0) is 14.3 Å². The zero-order valence-electron chi connectivity index (χ0n) is 13.8. The van der Waals surface area contributed by atoms with Crippen LogP contribution in [0.5, 0.6) is 5.75 Å². The van der Waals surface area contributed by atoms with Gasteiger partial charge in [0.2, 0.25) is 0 Å². The Morgan fingerprint density at radius 3 is 2.40 bits per heavy atom. The molecule has 0 fully saturated rings. The molecular formula is C18H17F2NO4. The molecule has 0 unspecified atom stereocenters.